The number of aliphatic imine (C=N–C) groups is 1. The van der Waals surface area contributed by atoms with Crippen molar-refractivity contribution in [2.24, 2.45) is 4.99 Å². The Hall–Kier alpha value is -2.05. The summed E-state index contributed by atoms with van der Waals surface area (Å²) in [5.74, 6) is 0.0569. The fourth-order valence-electron chi connectivity index (χ4n) is 1.47. The molecule has 1 aromatic rings. The molecule has 1 amide bonds. The van der Waals surface area contributed by atoms with Crippen LogP contribution in [0.1, 0.15) is 18.1 Å². The normalized spacial score (nSPS) is 19.9. The Morgan fingerprint density at radius 3 is 2.28 bits per heavy atom. The molecule has 1 heterocycles. The fourth-order valence-corrected chi connectivity index (χ4v) is 1.47. The van der Waals surface area contributed by atoms with Crippen LogP contribution in [-0.4, -0.2) is 17.8 Å². The quantitative estimate of drug-likeness (QED) is 0.800. The van der Waals surface area contributed by atoms with E-state index in [1.807, 2.05) is 0 Å². The van der Waals surface area contributed by atoms with Gasteiger partial charge in [0, 0.05) is 5.56 Å². The van der Waals surface area contributed by atoms with Crippen LogP contribution in [0.25, 0.3) is 0 Å². The summed E-state index contributed by atoms with van der Waals surface area (Å²) in [6.07, 6.45) is -4.36. The van der Waals surface area contributed by atoms with E-state index in [1.54, 1.807) is 6.92 Å². The molecular weight excluding hydrogens is 247 g/mol. The summed E-state index contributed by atoms with van der Waals surface area (Å²) in [5.41, 5.74) is 4.69. The number of amidine groups is 1. The van der Waals surface area contributed by atoms with E-state index in [4.69, 9.17) is 0 Å². The van der Waals surface area contributed by atoms with Crippen LogP contribution in [-0.2, 0) is 11.0 Å². The maximum atomic E-state index is 12.4. The number of hydrogen-bond donors (Lipinski definition) is 2. The van der Waals surface area contributed by atoms with Crippen molar-refractivity contribution in [3.05, 3.63) is 35.4 Å². The molecular formula is C11H10F3N3O. The summed E-state index contributed by atoms with van der Waals surface area (Å²) >= 11 is 0. The number of nitrogens with zero attached hydrogens (tertiary/aromatic N) is 1. The van der Waals surface area contributed by atoms with Crippen molar-refractivity contribution in [1.82, 2.24) is 10.9 Å². The van der Waals surface area contributed by atoms with Crippen LogP contribution >= 0.6 is 0 Å². The van der Waals surface area contributed by atoms with Crippen LogP contribution in [0.3, 0.4) is 0 Å². The number of carbonyl (C=O) groups excluding carboxylic acids is 1. The van der Waals surface area contributed by atoms with Gasteiger partial charge in [-0.15, -0.1) is 0 Å². The third-order valence-electron chi connectivity index (χ3n) is 2.49. The van der Waals surface area contributed by atoms with Crippen LogP contribution in [0.15, 0.2) is 29.3 Å². The number of alkyl halides is 3. The van der Waals surface area contributed by atoms with Gasteiger partial charge < -0.3 is 0 Å². The average Bonchev–Trinajstić information content (AvgIpc) is 2.32. The molecule has 7 heteroatoms. The molecule has 0 saturated carbocycles. The van der Waals surface area contributed by atoms with Gasteiger partial charge in [0.25, 0.3) is 5.91 Å². The minimum Gasteiger partial charge on any atom is -0.282 e. The van der Waals surface area contributed by atoms with E-state index in [0.29, 0.717) is 11.4 Å². The molecule has 1 atom stereocenters. The highest BCUT2D eigenvalue weighted by molar-refractivity contribution is 6.03. The molecule has 2 rings (SSSR count). The van der Waals surface area contributed by atoms with Gasteiger partial charge in [-0.3, -0.25) is 20.6 Å². The van der Waals surface area contributed by atoms with Crippen molar-refractivity contribution in [3.63, 3.8) is 0 Å². The maximum absolute atomic E-state index is 12.4. The van der Waals surface area contributed by atoms with Crippen LogP contribution < -0.4 is 10.9 Å². The second-order valence-electron chi connectivity index (χ2n) is 3.84. The van der Waals surface area contributed by atoms with E-state index in [0.717, 1.165) is 12.1 Å². The lowest BCUT2D eigenvalue weighted by Crippen LogP contribution is -2.50. The number of rotatable bonds is 1. The molecule has 0 radical (unpaired) electrons. The lowest BCUT2D eigenvalue weighted by atomic mass is 10.1. The molecule has 18 heavy (non-hydrogen) atoms. The van der Waals surface area contributed by atoms with Gasteiger partial charge in [-0.1, -0.05) is 12.1 Å². The second-order valence-corrected chi connectivity index (χ2v) is 3.84. The number of halogens is 3. The van der Waals surface area contributed by atoms with E-state index >= 15 is 0 Å². The van der Waals surface area contributed by atoms with Gasteiger partial charge in [-0.25, -0.2) is 0 Å². The summed E-state index contributed by atoms with van der Waals surface area (Å²) in [6, 6.07) is 3.99. The highest BCUT2D eigenvalue weighted by atomic mass is 19.4. The summed E-state index contributed by atoms with van der Waals surface area (Å²) in [7, 11) is 0. The first-order valence-electron chi connectivity index (χ1n) is 5.19. The predicted octanol–water partition coefficient (Wildman–Crippen LogP) is 1.47. The first-order chi connectivity index (χ1) is 8.38. The molecule has 0 aromatic heterocycles. The smallest absolute Gasteiger partial charge is 0.282 e. The van der Waals surface area contributed by atoms with E-state index in [-0.39, 0.29) is 5.91 Å². The third-order valence-corrected chi connectivity index (χ3v) is 2.49. The van der Waals surface area contributed by atoms with E-state index in [2.05, 4.69) is 15.8 Å². The van der Waals surface area contributed by atoms with Crippen LogP contribution in [0, 0.1) is 0 Å². The largest absolute Gasteiger partial charge is 0.416 e. The third kappa shape index (κ3) is 2.44. The molecule has 1 aromatic carbocycles. The lowest BCUT2D eigenvalue weighted by Gasteiger charge is -2.20. The summed E-state index contributed by atoms with van der Waals surface area (Å²) in [5, 5.41) is 0. The first-order valence-corrected chi connectivity index (χ1v) is 5.19. The molecule has 96 valence electrons. The van der Waals surface area contributed by atoms with Crippen molar-refractivity contribution in [1.29, 1.82) is 0 Å². The summed E-state index contributed by atoms with van der Waals surface area (Å²) in [6.45, 7) is 1.60. The van der Waals surface area contributed by atoms with E-state index in [1.165, 1.54) is 12.1 Å². The van der Waals surface area contributed by atoms with Gasteiger partial charge in [0.1, 0.15) is 11.9 Å². The number of hydrogen-bond acceptors (Lipinski definition) is 3. The van der Waals surface area contributed by atoms with Crippen molar-refractivity contribution in [3.8, 4) is 0 Å². The Bertz CT molecular complexity index is 493. The maximum Gasteiger partial charge on any atom is 0.416 e. The Kier molecular flexibility index (Phi) is 2.98. The van der Waals surface area contributed by atoms with Crippen LogP contribution in [0.2, 0.25) is 0 Å². The van der Waals surface area contributed by atoms with Gasteiger partial charge >= 0.3 is 6.18 Å². The molecule has 2 N–H and O–H groups in total. The zero-order valence-corrected chi connectivity index (χ0v) is 9.38. The Morgan fingerprint density at radius 1 is 1.17 bits per heavy atom. The monoisotopic (exact) mass is 257 g/mol. The van der Waals surface area contributed by atoms with Gasteiger partial charge in [-0.05, 0) is 19.1 Å². The highest BCUT2D eigenvalue weighted by Crippen LogP contribution is 2.29. The van der Waals surface area contributed by atoms with Crippen molar-refractivity contribution < 1.29 is 18.0 Å². The molecule has 1 aliphatic rings. The Morgan fingerprint density at radius 2 is 1.78 bits per heavy atom. The zero-order valence-electron chi connectivity index (χ0n) is 9.38. The number of hydrazine groups is 1. The molecule has 1 aliphatic heterocycles. The average molecular weight is 257 g/mol. The van der Waals surface area contributed by atoms with E-state index < -0.39 is 17.8 Å². The van der Waals surface area contributed by atoms with Crippen molar-refractivity contribution in [2.75, 3.05) is 0 Å². The molecule has 0 bridgehead atoms. The molecule has 4 nitrogen and oxygen atoms in total. The molecule has 0 aliphatic carbocycles. The minimum absolute atomic E-state index is 0.286. The zero-order chi connectivity index (χ0) is 13.3. The number of amides is 1. The molecule has 0 spiro atoms. The second kappa shape index (κ2) is 4.32. The van der Waals surface area contributed by atoms with E-state index in [9.17, 15) is 18.0 Å². The van der Waals surface area contributed by atoms with Gasteiger partial charge in [0.05, 0.1) is 5.56 Å². The SMILES string of the molecule is CC1N=C(c2ccc(C(F)(F)F)cc2)NNC1=O. The van der Waals surface area contributed by atoms with Gasteiger partial charge in [-0.2, -0.15) is 13.2 Å². The Labute approximate surface area is 101 Å². The molecule has 0 fully saturated rings. The van der Waals surface area contributed by atoms with Crippen molar-refractivity contribution in [2.45, 2.75) is 19.1 Å². The fraction of sp³-hybridized carbons (Fsp3) is 0.273. The number of carbonyl (C=O) groups is 1. The minimum atomic E-state index is -4.36. The topological polar surface area (TPSA) is 53.5 Å². The highest BCUT2D eigenvalue weighted by Gasteiger charge is 2.30. The van der Waals surface area contributed by atoms with Crippen LogP contribution in [0.5, 0.6) is 0 Å². The number of nitrogens with one attached hydrogen (secondary N) is 2. The van der Waals surface area contributed by atoms with Crippen LogP contribution in [0.4, 0.5) is 13.2 Å². The summed E-state index contributed by atoms with van der Waals surface area (Å²) < 4.78 is 37.1. The van der Waals surface area contributed by atoms with Crippen molar-refractivity contribution >= 4 is 11.7 Å². The molecule has 0 saturated heterocycles. The number of benzene rings is 1. The predicted molar refractivity (Wildman–Crippen MR) is 58.7 cm³/mol. The standard InChI is InChI=1S/C11H10F3N3O/c1-6-10(18)17-16-9(15-6)7-2-4-8(5-3-7)11(12,13)14/h2-6H,1H3,(H,15,16)(H,17,18). The Balaban J connectivity index is 2.26. The van der Waals surface area contributed by atoms with Gasteiger partial charge in [0.15, 0.2) is 0 Å². The first kappa shape index (κ1) is 12.4. The molecule has 1 unspecified atom stereocenters. The van der Waals surface area contributed by atoms with Gasteiger partial charge in [0.2, 0.25) is 0 Å². The lowest BCUT2D eigenvalue weighted by molar-refractivity contribution is -0.137. The summed E-state index contributed by atoms with van der Waals surface area (Å²) in [4.78, 5) is 15.2.